The quantitative estimate of drug-likeness (QED) is 0.737. The molecule has 0 radical (unpaired) electrons. The van der Waals surface area contributed by atoms with Gasteiger partial charge in [-0.05, 0) is 30.9 Å². The number of aliphatic hydroxyl groups is 1. The summed E-state index contributed by atoms with van der Waals surface area (Å²) in [6.07, 6.45) is 1.66. The predicted molar refractivity (Wildman–Crippen MR) is 74.8 cm³/mol. The Morgan fingerprint density at radius 2 is 2.05 bits per heavy atom. The molecular formula is C13H17ClN2O3. The second kappa shape index (κ2) is 5.67. The third kappa shape index (κ3) is 2.93. The molecule has 1 aliphatic heterocycles. The zero-order valence-corrected chi connectivity index (χ0v) is 11.2. The van der Waals surface area contributed by atoms with Gasteiger partial charge in [-0.25, -0.2) is 4.79 Å². The van der Waals surface area contributed by atoms with Gasteiger partial charge in [0.15, 0.2) is 0 Å². The Morgan fingerprint density at radius 1 is 1.42 bits per heavy atom. The van der Waals surface area contributed by atoms with Crippen molar-refractivity contribution >= 4 is 28.9 Å². The predicted octanol–water partition coefficient (Wildman–Crippen LogP) is 1.83. The van der Waals surface area contributed by atoms with Crippen LogP contribution in [0.25, 0.3) is 0 Å². The van der Waals surface area contributed by atoms with Crippen LogP contribution in [0.4, 0.5) is 11.4 Å². The van der Waals surface area contributed by atoms with Gasteiger partial charge in [0.05, 0.1) is 16.3 Å². The highest BCUT2D eigenvalue weighted by molar-refractivity contribution is 6.34. The lowest BCUT2D eigenvalue weighted by Crippen LogP contribution is -2.35. The molecule has 2 rings (SSSR count). The number of carbonyl (C=O) groups is 1. The van der Waals surface area contributed by atoms with Crippen molar-refractivity contribution < 1.29 is 15.0 Å². The minimum Gasteiger partial charge on any atom is -0.478 e. The van der Waals surface area contributed by atoms with Gasteiger partial charge in [0, 0.05) is 25.4 Å². The molecule has 1 aromatic rings. The Bertz CT molecular complexity index is 485. The monoisotopic (exact) mass is 284 g/mol. The molecule has 0 spiro atoms. The van der Waals surface area contributed by atoms with Crippen LogP contribution in [0.2, 0.25) is 5.02 Å². The molecule has 0 aromatic heterocycles. The number of carboxylic acids is 1. The zero-order valence-electron chi connectivity index (χ0n) is 10.5. The zero-order chi connectivity index (χ0) is 14.0. The van der Waals surface area contributed by atoms with E-state index in [1.54, 1.807) is 6.07 Å². The van der Waals surface area contributed by atoms with E-state index in [1.807, 2.05) is 4.90 Å². The Kier molecular flexibility index (Phi) is 4.17. The highest BCUT2D eigenvalue weighted by atomic mass is 35.5. The van der Waals surface area contributed by atoms with Crippen LogP contribution in [0.3, 0.4) is 0 Å². The SMILES string of the molecule is Nc1cc(Cl)c(N2CCC(CO)CC2)c(C(=O)O)c1. The Labute approximate surface area is 116 Å². The maximum Gasteiger partial charge on any atom is 0.337 e. The second-order valence-electron chi connectivity index (χ2n) is 4.82. The summed E-state index contributed by atoms with van der Waals surface area (Å²) in [5, 5.41) is 18.7. The molecule has 6 heteroatoms. The van der Waals surface area contributed by atoms with Crippen LogP contribution in [0.1, 0.15) is 23.2 Å². The van der Waals surface area contributed by atoms with Crippen LogP contribution < -0.4 is 10.6 Å². The summed E-state index contributed by atoms with van der Waals surface area (Å²) in [5.41, 5.74) is 6.64. The first-order valence-corrected chi connectivity index (χ1v) is 6.59. The van der Waals surface area contributed by atoms with E-state index in [0.29, 0.717) is 29.5 Å². The van der Waals surface area contributed by atoms with Gasteiger partial charge in [0.25, 0.3) is 0 Å². The number of nitrogens with zero attached hydrogens (tertiary/aromatic N) is 1. The molecule has 0 bridgehead atoms. The lowest BCUT2D eigenvalue weighted by atomic mass is 9.96. The smallest absolute Gasteiger partial charge is 0.337 e. The van der Waals surface area contributed by atoms with Crippen LogP contribution in [0, 0.1) is 5.92 Å². The molecule has 1 fully saturated rings. The van der Waals surface area contributed by atoms with Gasteiger partial charge in [-0.3, -0.25) is 0 Å². The topological polar surface area (TPSA) is 86.8 Å². The number of aliphatic hydroxyl groups excluding tert-OH is 1. The van der Waals surface area contributed by atoms with Crippen LogP contribution in [0.15, 0.2) is 12.1 Å². The summed E-state index contributed by atoms with van der Waals surface area (Å²) in [6.45, 7) is 1.55. The fraction of sp³-hybridized carbons (Fsp3) is 0.462. The molecule has 1 aliphatic rings. The first-order chi connectivity index (χ1) is 9.02. The highest BCUT2D eigenvalue weighted by Gasteiger charge is 2.24. The van der Waals surface area contributed by atoms with E-state index in [-0.39, 0.29) is 18.1 Å². The molecule has 5 nitrogen and oxygen atoms in total. The van der Waals surface area contributed by atoms with E-state index < -0.39 is 5.97 Å². The molecule has 4 N–H and O–H groups in total. The average molecular weight is 285 g/mol. The molecule has 0 saturated carbocycles. The maximum atomic E-state index is 11.3. The summed E-state index contributed by atoms with van der Waals surface area (Å²) in [5.74, 6) is -0.745. The molecule has 1 aromatic carbocycles. The van der Waals surface area contributed by atoms with Gasteiger partial charge >= 0.3 is 5.97 Å². The normalized spacial score (nSPS) is 16.6. The van der Waals surface area contributed by atoms with Crippen LogP contribution in [-0.4, -0.2) is 35.9 Å². The van der Waals surface area contributed by atoms with Crippen molar-refractivity contribution in [2.75, 3.05) is 30.3 Å². The number of benzene rings is 1. The molecule has 1 heterocycles. The van der Waals surface area contributed by atoms with E-state index in [0.717, 1.165) is 12.8 Å². The van der Waals surface area contributed by atoms with Gasteiger partial charge in [0.2, 0.25) is 0 Å². The van der Waals surface area contributed by atoms with Gasteiger partial charge in [-0.15, -0.1) is 0 Å². The summed E-state index contributed by atoms with van der Waals surface area (Å²) in [7, 11) is 0. The molecule has 0 aliphatic carbocycles. The van der Waals surface area contributed by atoms with Crippen molar-refractivity contribution in [1.82, 2.24) is 0 Å². The minimum absolute atomic E-state index is 0.132. The fourth-order valence-corrected chi connectivity index (χ4v) is 2.79. The molecule has 0 amide bonds. The third-order valence-electron chi connectivity index (χ3n) is 3.51. The number of aromatic carboxylic acids is 1. The Balaban J connectivity index is 2.32. The van der Waals surface area contributed by atoms with Crippen molar-refractivity contribution in [3.05, 3.63) is 22.7 Å². The van der Waals surface area contributed by atoms with Gasteiger partial charge < -0.3 is 20.8 Å². The first kappa shape index (κ1) is 14.0. The summed E-state index contributed by atoms with van der Waals surface area (Å²) >= 11 is 6.15. The first-order valence-electron chi connectivity index (χ1n) is 6.21. The van der Waals surface area contributed by atoms with Gasteiger partial charge in [0.1, 0.15) is 0 Å². The standard InChI is InChI=1S/C13H17ClN2O3/c14-11-6-9(15)5-10(13(18)19)12(11)16-3-1-8(7-17)2-4-16/h5-6,8,17H,1-4,7,15H2,(H,18,19). The molecule has 0 atom stereocenters. The molecular weight excluding hydrogens is 268 g/mol. The number of carboxylic acid groups (broad SMARTS) is 1. The van der Waals surface area contributed by atoms with Crippen molar-refractivity contribution in [2.24, 2.45) is 5.92 Å². The Hall–Kier alpha value is -1.46. The largest absolute Gasteiger partial charge is 0.478 e. The summed E-state index contributed by atoms with van der Waals surface area (Å²) < 4.78 is 0. The van der Waals surface area contributed by atoms with Crippen LogP contribution in [-0.2, 0) is 0 Å². The molecule has 0 unspecified atom stereocenters. The highest BCUT2D eigenvalue weighted by Crippen LogP contribution is 2.35. The number of nitrogen functional groups attached to an aromatic ring is 1. The number of hydrogen-bond donors (Lipinski definition) is 3. The number of anilines is 2. The maximum absolute atomic E-state index is 11.3. The number of halogens is 1. The lowest BCUT2D eigenvalue weighted by Gasteiger charge is -2.34. The number of piperidine rings is 1. The summed E-state index contributed by atoms with van der Waals surface area (Å²) in [6, 6.07) is 3.00. The second-order valence-corrected chi connectivity index (χ2v) is 5.22. The van der Waals surface area contributed by atoms with E-state index in [1.165, 1.54) is 6.07 Å². The molecule has 104 valence electrons. The van der Waals surface area contributed by atoms with Gasteiger partial charge in [-0.1, -0.05) is 11.6 Å². The molecule has 1 saturated heterocycles. The summed E-state index contributed by atoms with van der Waals surface area (Å²) in [4.78, 5) is 13.3. The van der Waals surface area contributed by atoms with E-state index in [4.69, 9.17) is 22.4 Å². The van der Waals surface area contributed by atoms with Crippen LogP contribution in [0.5, 0.6) is 0 Å². The van der Waals surface area contributed by atoms with Crippen molar-refractivity contribution in [3.63, 3.8) is 0 Å². The van der Waals surface area contributed by atoms with E-state index in [2.05, 4.69) is 0 Å². The molecule has 19 heavy (non-hydrogen) atoms. The Morgan fingerprint density at radius 3 is 2.58 bits per heavy atom. The van der Waals surface area contributed by atoms with Gasteiger partial charge in [-0.2, -0.15) is 0 Å². The van der Waals surface area contributed by atoms with Crippen molar-refractivity contribution in [3.8, 4) is 0 Å². The average Bonchev–Trinajstić information content (AvgIpc) is 2.38. The van der Waals surface area contributed by atoms with E-state index in [9.17, 15) is 9.90 Å². The number of rotatable bonds is 3. The van der Waals surface area contributed by atoms with E-state index >= 15 is 0 Å². The van der Waals surface area contributed by atoms with Crippen molar-refractivity contribution in [1.29, 1.82) is 0 Å². The third-order valence-corrected chi connectivity index (χ3v) is 3.79. The fourth-order valence-electron chi connectivity index (χ4n) is 2.44. The van der Waals surface area contributed by atoms with Crippen molar-refractivity contribution in [2.45, 2.75) is 12.8 Å². The van der Waals surface area contributed by atoms with Crippen LogP contribution >= 0.6 is 11.6 Å². The number of hydrogen-bond acceptors (Lipinski definition) is 4. The number of nitrogens with two attached hydrogens (primary N) is 1. The lowest BCUT2D eigenvalue weighted by molar-refractivity contribution is 0.0697. The minimum atomic E-state index is -1.03.